The van der Waals surface area contributed by atoms with Crippen LogP contribution in [0.4, 0.5) is 0 Å². The van der Waals surface area contributed by atoms with Gasteiger partial charge in [-0.25, -0.2) is 0 Å². The second kappa shape index (κ2) is 15.0. The molecular weight excluding hydrogens is 815 g/mol. The number of rotatable bonds is 9. The van der Waals surface area contributed by atoms with E-state index in [0.717, 1.165) is 0 Å². The molecule has 0 aliphatic heterocycles. The molecular formula is C52H53Cl2SiZr. The van der Waals surface area contributed by atoms with E-state index >= 15 is 0 Å². The molecule has 0 heterocycles. The van der Waals surface area contributed by atoms with E-state index in [1.165, 1.54) is 89.0 Å². The zero-order chi connectivity index (χ0) is 39.5. The average molecular weight is 868 g/mol. The Morgan fingerprint density at radius 3 is 1.16 bits per heavy atom. The maximum atomic E-state index is 9.00. The molecule has 56 heavy (non-hydrogen) atoms. The zero-order valence-electron chi connectivity index (χ0n) is 34.0. The molecule has 0 N–H and O–H groups in total. The van der Waals surface area contributed by atoms with E-state index < -0.39 is 21.5 Å². The predicted molar refractivity (Wildman–Crippen MR) is 246 cm³/mol. The summed E-state index contributed by atoms with van der Waals surface area (Å²) in [6.07, 6.45) is 5.05. The van der Waals surface area contributed by atoms with Crippen molar-refractivity contribution in [2.75, 3.05) is 0 Å². The molecule has 0 amide bonds. The van der Waals surface area contributed by atoms with Crippen molar-refractivity contribution in [3.05, 3.63) is 178 Å². The van der Waals surface area contributed by atoms with E-state index in [-0.39, 0.29) is 19.1 Å². The first kappa shape index (κ1) is 39.3. The maximum absolute atomic E-state index is 9.00. The van der Waals surface area contributed by atoms with Crippen LogP contribution in [0.5, 0.6) is 0 Å². The molecule has 2 aliphatic rings. The molecule has 0 nitrogen and oxygen atoms in total. The average Bonchev–Trinajstić information content (AvgIpc) is 3.80. The third kappa shape index (κ3) is 6.26. The van der Waals surface area contributed by atoms with Crippen LogP contribution >= 0.6 is 17.0 Å². The van der Waals surface area contributed by atoms with E-state index in [0.29, 0.717) is 0 Å². The van der Waals surface area contributed by atoms with Crippen LogP contribution in [0, 0.1) is 25.7 Å². The molecule has 6 aromatic rings. The molecule has 0 saturated heterocycles. The summed E-state index contributed by atoms with van der Waals surface area (Å²) in [4.78, 5) is 0. The summed E-state index contributed by atoms with van der Waals surface area (Å²) < 4.78 is 0.00526. The van der Waals surface area contributed by atoms with Gasteiger partial charge in [0.05, 0.1) is 0 Å². The number of halogens is 2. The Morgan fingerprint density at radius 2 is 0.821 bits per heavy atom. The van der Waals surface area contributed by atoms with Crippen LogP contribution in [0.3, 0.4) is 0 Å². The molecule has 0 aromatic heterocycles. The number of hydrogen-bond donors (Lipinski definition) is 0. The zero-order valence-corrected chi connectivity index (χ0v) is 39.1. The minimum atomic E-state index is -5.11. The molecule has 0 radical (unpaired) electrons. The molecule has 0 spiro atoms. The van der Waals surface area contributed by atoms with Crippen molar-refractivity contribution in [2.24, 2.45) is 11.8 Å². The van der Waals surface area contributed by atoms with Crippen LogP contribution in [-0.2, 0) is 15.6 Å². The van der Waals surface area contributed by atoms with E-state index in [1.54, 1.807) is 0 Å². The van der Waals surface area contributed by atoms with E-state index in [2.05, 4.69) is 200 Å². The molecule has 2 unspecified atom stereocenters. The van der Waals surface area contributed by atoms with Crippen molar-refractivity contribution in [1.82, 2.24) is 0 Å². The van der Waals surface area contributed by atoms with Gasteiger partial charge in [0.25, 0.3) is 0 Å². The number of fused-ring (bicyclic) bond motifs is 2. The third-order valence-electron chi connectivity index (χ3n) is 13.0. The Balaban J connectivity index is 1.44. The van der Waals surface area contributed by atoms with Gasteiger partial charge in [-0.15, -0.1) is 0 Å². The summed E-state index contributed by atoms with van der Waals surface area (Å²) in [6, 6.07) is 49.0. The Hall–Kier alpha value is -3.52. The molecule has 2 aliphatic carbocycles. The number of benzene rings is 6. The van der Waals surface area contributed by atoms with Gasteiger partial charge in [0.15, 0.2) is 0 Å². The van der Waals surface area contributed by atoms with Crippen molar-refractivity contribution in [3.63, 3.8) is 0 Å². The van der Waals surface area contributed by atoms with Gasteiger partial charge in [-0.2, -0.15) is 0 Å². The van der Waals surface area contributed by atoms with E-state index in [1.807, 2.05) is 0 Å². The Kier molecular flexibility index (Phi) is 10.5. The van der Waals surface area contributed by atoms with Crippen molar-refractivity contribution < 1.29 is 15.6 Å². The topological polar surface area (TPSA) is 0 Å². The second-order valence-corrected chi connectivity index (χ2v) is 59.7. The van der Waals surface area contributed by atoms with Crippen molar-refractivity contribution in [1.29, 1.82) is 0 Å². The fraction of sp³-hybridized carbons (Fsp3) is 0.231. The fourth-order valence-corrected chi connectivity index (χ4v) is 41.5. The summed E-state index contributed by atoms with van der Waals surface area (Å²) in [5.74, 6) is -1.22. The molecule has 6 aromatic carbocycles. The summed E-state index contributed by atoms with van der Waals surface area (Å²) in [5, 5.41) is 0. The van der Waals surface area contributed by atoms with Crippen LogP contribution in [0.1, 0.15) is 68.3 Å². The fourth-order valence-electron chi connectivity index (χ4n) is 10.0. The standard InChI is InChI=1S/2C25H23.C2H7Si.2ClH.Zr/c2*1-17(2)21-15-20-13-14-23(19-10-5-4-6-11-19)25(24(20)16-21)22-12-8-7-9-18(22)3;1-3-2;;;/h2*4-17H,1-3H3;3H,1-2H3;2*1H;/q;;;;;+2/p-2. The van der Waals surface area contributed by atoms with Gasteiger partial charge < -0.3 is 0 Å². The van der Waals surface area contributed by atoms with Gasteiger partial charge in [-0.3, -0.25) is 0 Å². The summed E-state index contributed by atoms with van der Waals surface area (Å²) in [6.45, 7) is 18.8. The van der Waals surface area contributed by atoms with Crippen LogP contribution in [0.2, 0.25) is 13.1 Å². The Morgan fingerprint density at radius 1 is 0.464 bits per heavy atom. The van der Waals surface area contributed by atoms with Gasteiger partial charge in [0, 0.05) is 0 Å². The van der Waals surface area contributed by atoms with E-state index in [9.17, 15) is 0 Å². The molecule has 0 saturated carbocycles. The first-order chi connectivity index (χ1) is 26.8. The van der Waals surface area contributed by atoms with Crippen molar-refractivity contribution in [2.45, 2.75) is 61.9 Å². The van der Waals surface area contributed by atoms with Crippen LogP contribution in [-0.4, -0.2) is 5.92 Å². The van der Waals surface area contributed by atoms with Crippen molar-refractivity contribution in [3.8, 4) is 44.5 Å². The van der Waals surface area contributed by atoms with Crippen LogP contribution in [0.25, 0.3) is 56.7 Å². The quantitative estimate of drug-likeness (QED) is 0.127. The molecule has 4 heteroatoms. The SMILES string of the molecule is Cc1ccccc1-c1c(-c2ccccc2)ccc2c1C=C(C(C)C)[CH]2[Zr]([Cl])([Cl])([CH]1C(C(C)C)=Cc2c1ccc(-c1ccccc1)c2-c1ccccc1C)[SiH](C)C. The monoisotopic (exact) mass is 865 g/mol. The molecule has 0 bridgehead atoms. The molecule has 283 valence electrons. The number of hydrogen-bond acceptors (Lipinski definition) is 0. The van der Waals surface area contributed by atoms with Crippen LogP contribution in [0.15, 0.2) is 145 Å². The first-order valence-electron chi connectivity index (χ1n) is 20.4. The normalized spacial score (nSPS) is 17.1. The first-order valence-corrected chi connectivity index (χ1v) is 36.7. The summed E-state index contributed by atoms with van der Waals surface area (Å²) >= 11 is -5.11. The Bertz CT molecular complexity index is 2360. The van der Waals surface area contributed by atoms with Gasteiger partial charge in [0.2, 0.25) is 0 Å². The summed E-state index contributed by atoms with van der Waals surface area (Å²) in [7, 11) is 18.0. The van der Waals surface area contributed by atoms with Gasteiger partial charge in [0.1, 0.15) is 0 Å². The Labute approximate surface area is 344 Å². The molecule has 8 rings (SSSR count). The van der Waals surface area contributed by atoms with Crippen molar-refractivity contribution >= 4 is 35.1 Å². The van der Waals surface area contributed by atoms with E-state index in [4.69, 9.17) is 17.0 Å². The minimum absolute atomic E-state index is 0.00263. The van der Waals surface area contributed by atoms with Gasteiger partial charge in [-0.05, 0) is 0 Å². The predicted octanol–water partition coefficient (Wildman–Crippen LogP) is 15.8. The van der Waals surface area contributed by atoms with Gasteiger partial charge >= 0.3 is 347 Å². The second-order valence-electron chi connectivity index (χ2n) is 17.2. The molecule has 2 atom stereocenters. The number of aryl methyl sites for hydroxylation is 2. The third-order valence-corrected chi connectivity index (χ3v) is 64.7. The number of allylic oxidation sites excluding steroid dienone is 2. The van der Waals surface area contributed by atoms with Crippen LogP contribution < -0.4 is 0 Å². The molecule has 0 fully saturated rings. The summed E-state index contributed by atoms with van der Waals surface area (Å²) in [5.41, 5.74) is 20.7. The van der Waals surface area contributed by atoms with Gasteiger partial charge in [-0.1, -0.05) is 0 Å².